The summed E-state index contributed by atoms with van der Waals surface area (Å²) >= 11 is 0. The van der Waals surface area contributed by atoms with Crippen LogP contribution < -0.4 is 4.74 Å². The molecule has 0 unspecified atom stereocenters. The van der Waals surface area contributed by atoms with Crippen LogP contribution in [0, 0.1) is 5.92 Å². The molecule has 0 atom stereocenters. The predicted octanol–water partition coefficient (Wildman–Crippen LogP) is 2.36. The fourth-order valence-electron chi connectivity index (χ4n) is 2.10. The van der Waals surface area contributed by atoms with Crippen LogP contribution >= 0.6 is 0 Å². The van der Waals surface area contributed by atoms with Gasteiger partial charge in [-0.2, -0.15) is 0 Å². The van der Waals surface area contributed by atoms with Crippen LogP contribution in [0.15, 0.2) is 24.3 Å². The van der Waals surface area contributed by atoms with Crippen LogP contribution in [0.2, 0.25) is 0 Å². The van der Waals surface area contributed by atoms with Gasteiger partial charge in [-0.3, -0.25) is 0 Å². The number of hydrogen-bond acceptors (Lipinski definition) is 1. The summed E-state index contributed by atoms with van der Waals surface area (Å²) in [5.74, 6) is 2.00. The summed E-state index contributed by atoms with van der Waals surface area (Å²) in [7, 11) is 1.71. The van der Waals surface area contributed by atoms with Crippen LogP contribution in [0.4, 0.5) is 0 Å². The molecule has 0 amide bonds. The first-order chi connectivity index (χ1) is 5.85. The molecule has 1 nitrogen and oxygen atoms in total. The van der Waals surface area contributed by atoms with Gasteiger partial charge in [0.05, 0.1) is 7.11 Å². The third-order valence-corrected chi connectivity index (χ3v) is 3.35. The van der Waals surface area contributed by atoms with Gasteiger partial charge in [0, 0.05) is 0 Å². The first kappa shape index (κ1) is 6.53. The van der Waals surface area contributed by atoms with E-state index in [1.54, 1.807) is 7.11 Å². The van der Waals surface area contributed by atoms with Crippen molar-refractivity contribution in [3.05, 3.63) is 29.8 Å². The summed E-state index contributed by atoms with van der Waals surface area (Å²) in [4.78, 5) is 0. The van der Waals surface area contributed by atoms with Gasteiger partial charge >= 0.3 is 0 Å². The van der Waals surface area contributed by atoms with Crippen LogP contribution in [0.25, 0.3) is 0 Å². The third kappa shape index (κ3) is 0.689. The Labute approximate surface area is 72.4 Å². The maximum absolute atomic E-state index is 5.12. The molecule has 3 rings (SSSR count). The van der Waals surface area contributed by atoms with Gasteiger partial charge in [-0.25, -0.2) is 0 Å². The van der Waals surface area contributed by atoms with Crippen LogP contribution in [-0.4, -0.2) is 7.11 Å². The van der Waals surface area contributed by atoms with E-state index in [1.165, 1.54) is 18.4 Å². The molecular formula is C11H12O. The molecule has 1 aromatic rings. The predicted molar refractivity (Wildman–Crippen MR) is 47.4 cm³/mol. The maximum Gasteiger partial charge on any atom is 0.118 e. The average Bonchev–Trinajstić information content (AvgIpc) is 2.91. The van der Waals surface area contributed by atoms with Gasteiger partial charge in [0.2, 0.25) is 0 Å². The van der Waals surface area contributed by atoms with Crippen LogP contribution in [0.5, 0.6) is 5.75 Å². The summed E-state index contributed by atoms with van der Waals surface area (Å²) in [5.41, 5.74) is 2.17. The number of hydrogen-bond donors (Lipinski definition) is 0. The van der Waals surface area contributed by atoms with Crippen molar-refractivity contribution in [2.24, 2.45) is 5.92 Å². The van der Waals surface area contributed by atoms with E-state index in [2.05, 4.69) is 24.3 Å². The van der Waals surface area contributed by atoms with Crippen molar-refractivity contribution in [1.82, 2.24) is 0 Å². The Kier molecular flexibility index (Phi) is 1.00. The lowest BCUT2D eigenvalue weighted by atomic mass is 10.0. The molecule has 0 radical (unpaired) electrons. The monoisotopic (exact) mass is 160 g/mol. The number of rotatable bonds is 2. The summed E-state index contributed by atoms with van der Waals surface area (Å²) in [6.45, 7) is 0. The minimum Gasteiger partial charge on any atom is -0.497 e. The Hall–Kier alpha value is -0.980. The highest BCUT2D eigenvalue weighted by atomic mass is 16.5. The molecule has 12 heavy (non-hydrogen) atoms. The largest absolute Gasteiger partial charge is 0.497 e. The normalized spacial score (nSPS) is 35.6. The molecule has 0 N–H and O–H groups in total. The van der Waals surface area contributed by atoms with Crippen LogP contribution in [0.1, 0.15) is 18.4 Å². The molecule has 0 spiro atoms. The van der Waals surface area contributed by atoms with Gasteiger partial charge in [0.25, 0.3) is 0 Å². The van der Waals surface area contributed by atoms with Crippen molar-refractivity contribution in [1.29, 1.82) is 0 Å². The molecule has 62 valence electrons. The van der Waals surface area contributed by atoms with Gasteiger partial charge < -0.3 is 4.74 Å². The van der Waals surface area contributed by atoms with Crippen molar-refractivity contribution in [2.45, 2.75) is 18.3 Å². The van der Waals surface area contributed by atoms with Gasteiger partial charge in [0.1, 0.15) is 5.75 Å². The average molecular weight is 160 g/mol. The second kappa shape index (κ2) is 1.85. The van der Waals surface area contributed by atoms with Crippen LogP contribution in [-0.2, 0) is 5.41 Å². The highest BCUT2D eigenvalue weighted by Crippen LogP contribution is 2.75. The lowest BCUT2D eigenvalue weighted by molar-refractivity contribution is 0.414. The molecule has 0 heterocycles. The van der Waals surface area contributed by atoms with Crippen molar-refractivity contribution in [3.63, 3.8) is 0 Å². The van der Waals surface area contributed by atoms with Crippen molar-refractivity contribution in [3.8, 4) is 5.75 Å². The van der Waals surface area contributed by atoms with E-state index in [0.29, 0.717) is 5.41 Å². The minimum atomic E-state index is 0.645. The Morgan fingerprint density at radius 1 is 1.25 bits per heavy atom. The second-order valence-corrected chi connectivity index (χ2v) is 3.99. The zero-order chi connectivity index (χ0) is 8.18. The smallest absolute Gasteiger partial charge is 0.118 e. The number of methoxy groups -OCH3 is 1. The van der Waals surface area contributed by atoms with Gasteiger partial charge in [-0.1, -0.05) is 12.1 Å². The van der Waals surface area contributed by atoms with Gasteiger partial charge in [0.15, 0.2) is 0 Å². The lowest BCUT2D eigenvalue weighted by Gasteiger charge is -2.04. The highest BCUT2D eigenvalue weighted by Gasteiger charge is 2.70. The molecule has 2 saturated carbocycles. The van der Waals surface area contributed by atoms with Crippen LogP contribution in [0.3, 0.4) is 0 Å². The first-order valence-electron chi connectivity index (χ1n) is 4.50. The molecule has 2 aliphatic carbocycles. The summed E-state index contributed by atoms with van der Waals surface area (Å²) in [6.07, 6.45) is 2.86. The molecule has 0 aliphatic heterocycles. The third-order valence-electron chi connectivity index (χ3n) is 3.35. The van der Waals surface area contributed by atoms with E-state index in [9.17, 15) is 0 Å². The standard InChI is InChI=1S/C11H12O/c1-12-10-4-2-8(3-5-10)11-6-9(11)7-11/h2-5,9H,6-7H2,1H3. The topological polar surface area (TPSA) is 9.23 Å². The molecular weight excluding hydrogens is 148 g/mol. The minimum absolute atomic E-state index is 0.645. The SMILES string of the molecule is COc1ccc(C23CC2C3)cc1. The molecule has 2 aliphatic rings. The highest BCUT2D eigenvalue weighted by molar-refractivity contribution is 5.45. The van der Waals surface area contributed by atoms with E-state index in [1.807, 2.05) is 0 Å². The van der Waals surface area contributed by atoms with Crippen molar-refractivity contribution >= 4 is 0 Å². The molecule has 2 fully saturated rings. The number of benzene rings is 1. The summed E-state index contributed by atoms with van der Waals surface area (Å²) in [5, 5.41) is 0. The summed E-state index contributed by atoms with van der Waals surface area (Å²) in [6, 6.07) is 8.56. The number of ether oxygens (including phenoxy) is 1. The molecule has 0 saturated heterocycles. The van der Waals surface area contributed by atoms with Gasteiger partial charge in [-0.15, -0.1) is 0 Å². The Morgan fingerprint density at radius 2 is 1.83 bits per heavy atom. The molecule has 1 aromatic carbocycles. The molecule has 1 heteroatoms. The summed E-state index contributed by atoms with van der Waals surface area (Å²) < 4.78 is 5.12. The Balaban J connectivity index is 1.93. The molecule has 0 bridgehead atoms. The van der Waals surface area contributed by atoms with E-state index < -0.39 is 0 Å². The Bertz CT molecular complexity index is 306. The van der Waals surface area contributed by atoms with E-state index >= 15 is 0 Å². The quantitative estimate of drug-likeness (QED) is 0.645. The zero-order valence-corrected chi connectivity index (χ0v) is 7.21. The fourth-order valence-corrected chi connectivity index (χ4v) is 2.10. The van der Waals surface area contributed by atoms with E-state index in [0.717, 1.165) is 11.7 Å². The number of fused-ring (bicyclic) bond motifs is 1. The zero-order valence-electron chi connectivity index (χ0n) is 7.21. The Morgan fingerprint density at radius 3 is 2.25 bits per heavy atom. The lowest BCUT2D eigenvalue weighted by Crippen LogP contribution is -1.92. The maximum atomic E-state index is 5.12. The van der Waals surface area contributed by atoms with Crippen molar-refractivity contribution < 1.29 is 4.74 Å². The van der Waals surface area contributed by atoms with E-state index in [4.69, 9.17) is 4.74 Å². The van der Waals surface area contributed by atoms with Gasteiger partial charge in [-0.05, 0) is 41.9 Å². The fraction of sp³-hybridized carbons (Fsp3) is 0.455. The second-order valence-electron chi connectivity index (χ2n) is 3.99. The molecule has 0 aromatic heterocycles. The van der Waals surface area contributed by atoms with E-state index in [-0.39, 0.29) is 0 Å². The van der Waals surface area contributed by atoms with Crippen molar-refractivity contribution in [2.75, 3.05) is 7.11 Å². The first-order valence-corrected chi connectivity index (χ1v) is 4.50.